The first kappa shape index (κ1) is 19.5. The van der Waals surface area contributed by atoms with Gasteiger partial charge in [-0.15, -0.1) is 0 Å². The molecule has 2 aliphatic heterocycles. The Balaban J connectivity index is 1.54. The van der Waals surface area contributed by atoms with Crippen LogP contribution in [0.3, 0.4) is 0 Å². The van der Waals surface area contributed by atoms with Crippen LogP contribution in [0.2, 0.25) is 5.02 Å². The van der Waals surface area contributed by atoms with E-state index in [1.54, 1.807) is 29.2 Å². The second kappa shape index (κ2) is 7.52. The Hall–Kier alpha value is -2.86. The molecular formula is C22H22ClN3O3. The summed E-state index contributed by atoms with van der Waals surface area (Å²) in [5, 5.41) is 3.24. The number of benzene rings is 2. The van der Waals surface area contributed by atoms with Crippen LogP contribution in [-0.2, 0) is 11.3 Å². The highest BCUT2D eigenvalue weighted by Crippen LogP contribution is 2.31. The Morgan fingerprint density at radius 3 is 2.59 bits per heavy atom. The minimum atomic E-state index is -1.07. The van der Waals surface area contributed by atoms with Crippen molar-refractivity contribution in [3.63, 3.8) is 0 Å². The molecule has 1 atom stereocenters. The largest absolute Gasteiger partial charge is 0.336 e. The van der Waals surface area contributed by atoms with Crippen molar-refractivity contribution in [2.45, 2.75) is 31.8 Å². The second-order valence-electron chi connectivity index (χ2n) is 7.70. The standard InChI is InChI=1S/C22H22ClN3O3/c1-15-7-9-16(10-8-15)13-26-20(28)22(24-21(26)29)11-4-12-25(14-22)19(27)17-5-2-3-6-18(17)23/h2-3,5-10H,4,11-14H2,1H3,(H,24,29)/t22-/m1/s1. The Morgan fingerprint density at radius 1 is 1.14 bits per heavy atom. The van der Waals surface area contributed by atoms with Gasteiger partial charge in [0.05, 0.1) is 23.7 Å². The maximum atomic E-state index is 13.2. The van der Waals surface area contributed by atoms with E-state index in [1.807, 2.05) is 31.2 Å². The molecule has 2 aliphatic rings. The van der Waals surface area contributed by atoms with Gasteiger partial charge in [-0.1, -0.05) is 53.6 Å². The van der Waals surface area contributed by atoms with Gasteiger partial charge in [0.15, 0.2) is 0 Å². The highest BCUT2D eigenvalue weighted by molar-refractivity contribution is 6.33. The number of imide groups is 1. The lowest BCUT2D eigenvalue weighted by Crippen LogP contribution is -2.59. The number of likely N-dealkylation sites (tertiary alicyclic amines) is 1. The number of nitrogens with zero attached hydrogens (tertiary/aromatic N) is 2. The van der Waals surface area contributed by atoms with E-state index in [-0.39, 0.29) is 24.9 Å². The highest BCUT2D eigenvalue weighted by Gasteiger charge is 2.53. The number of rotatable bonds is 3. The highest BCUT2D eigenvalue weighted by atomic mass is 35.5. The van der Waals surface area contributed by atoms with E-state index in [4.69, 9.17) is 11.6 Å². The Morgan fingerprint density at radius 2 is 1.86 bits per heavy atom. The van der Waals surface area contributed by atoms with Gasteiger partial charge in [-0.05, 0) is 37.5 Å². The number of halogens is 1. The van der Waals surface area contributed by atoms with Gasteiger partial charge in [-0.25, -0.2) is 4.79 Å². The van der Waals surface area contributed by atoms with Crippen LogP contribution in [0, 0.1) is 6.92 Å². The molecule has 4 amide bonds. The number of hydrogen-bond donors (Lipinski definition) is 1. The fraction of sp³-hybridized carbons (Fsp3) is 0.318. The zero-order valence-corrected chi connectivity index (χ0v) is 16.9. The average Bonchev–Trinajstić information content (AvgIpc) is 2.93. The third-order valence-electron chi connectivity index (χ3n) is 5.59. The van der Waals surface area contributed by atoms with E-state index in [0.29, 0.717) is 30.0 Å². The molecule has 0 aliphatic carbocycles. The predicted octanol–water partition coefficient (Wildman–Crippen LogP) is 3.38. The molecule has 0 saturated carbocycles. The quantitative estimate of drug-likeness (QED) is 0.787. The number of nitrogens with one attached hydrogen (secondary N) is 1. The van der Waals surface area contributed by atoms with Crippen LogP contribution in [0.5, 0.6) is 0 Å². The molecule has 0 bridgehead atoms. The van der Waals surface area contributed by atoms with Crippen molar-refractivity contribution in [3.8, 4) is 0 Å². The van der Waals surface area contributed by atoms with Crippen LogP contribution in [0.15, 0.2) is 48.5 Å². The van der Waals surface area contributed by atoms with Gasteiger partial charge in [0.1, 0.15) is 5.54 Å². The fourth-order valence-electron chi connectivity index (χ4n) is 4.01. The lowest BCUT2D eigenvalue weighted by atomic mass is 9.88. The first-order valence-electron chi connectivity index (χ1n) is 9.63. The molecule has 0 radical (unpaired) electrons. The molecule has 2 aromatic rings. The smallest absolute Gasteiger partial charge is 0.325 e. The maximum Gasteiger partial charge on any atom is 0.325 e. The number of carbonyl (C=O) groups excluding carboxylic acids is 3. The van der Waals surface area contributed by atoms with Crippen molar-refractivity contribution in [3.05, 3.63) is 70.2 Å². The number of hydrogen-bond acceptors (Lipinski definition) is 3. The molecule has 0 aromatic heterocycles. The molecule has 1 N–H and O–H groups in total. The second-order valence-corrected chi connectivity index (χ2v) is 8.11. The normalized spacial score (nSPS) is 21.6. The van der Waals surface area contributed by atoms with E-state index in [9.17, 15) is 14.4 Å². The first-order valence-corrected chi connectivity index (χ1v) is 10.0. The summed E-state index contributed by atoms with van der Waals surface area (Å²) in [5.41, 5.74) is 1.33. The molecule has 7 heteroatoms. The van der Waals surface area contributed by atoms with Crippen LogP contribution in [-0.4, -0.2) is 46.3 Å². The summed E-state index contributed by atoms with van der Waals surface area (Å²) in [7, 11) is 0. The van der Waals surface area contributed by atoms with Crippen LogP contribution >= 0.6 is 11.6 Å². The topological polar surface area (TPSA) is 69.7 Å². The van der Waals surface area contributed by atoms with E-state index in [1.165, 1.54) is 4.90 Å². The summed E-state index contributed by atoms with van der Waals surface area (Å²) in [5.74, 6) is -0.506. The molecule has 1 spiro atoms. The van der Waals surface area contributed by atoms with E-state index < -0.39 is 11.6 Å². The summed E-state index contributed by atoms with van der Waals surface area (Å²) < 4.78 is 0. The molecule has 4 rings (SSSR count). The molecular weight excluding hydrogens is 390 g/mol. The average molecular weight is 412 g/mol. The number of aryl methyl sites for hydroxylation is 1. The third-order valence-corrected chi connectivity index (χ3v) is 5.92. The number of amides is 4. The summed E-state index contributed by atoms with van der Waals surface area (Å²) in [6.45, 7) is 2.86. The van der Waals surface area contributed by atoms with Gasteiger partial charge in [0, 0.05) is 6.54 Å². The van der Waals surface area contributed by atoms with Crippen LogP contribution in [0.4, 0.5) is 4.79 Å². The van der Waals surface area contributed by atoms with E-state index in [0.717, 1.165) is 11.1 Å². The predicted molar refractivity (Wildman–Crippen MR) is 110 cm³/mol. The van der Waals surface area contributed by atoms with Gasteiger partial charge >= 0.3 is 6.03 Å². The van der Waals surface area contributed by atoms with Gasteiger partial charge in [-0.3, -0.25) is 14.5 Å². The Bertz CT molecular complexity index is 976. The first-order chi connectivity index (χ1) is 13.9. The number of piperidine rings is 1. The van der Waals surface area contributed by atoms with Crippen molar-refractivity contribution in [1.29, 1.82) is 0 Å². The number of urea groups is 1. The lowest BCUT2D eigenvalue weighted by molar-refractivity contribution is -0.133. The van der Waals surface area contributed by atoms with E-state index >= 15 is 0 Å². The minimum absolute atomic E-state index is 0.145. The van der Waals surface area contributed by atoms with Crippen LogP contribution < -0.4 is 5.32 Å². The molecule has 2 aromatic carbocycles. The molecule has 150 valence electrons. The number of carbonyl (C=O) groups is 3. The van der Waals surface area contributed by atoms with Crippen molar-refractivity contribution in [2.24, 2.45) is 0 Å². The van der Waals surface area contributed by atoms with Crippen molar-refractivity contribution >= 4 is 29.4 Å². The van der Waals surface area contributed by atoms with Crippen LogP contribution in [0.1, 0.15) is 34.3 Å². The fourth-order valence-corrected chi connectivity index (χ4v) is 4.22. The zero-order valence-electron chi connectivity index (χ0n) is 16.2. The third kappa shape index (κ3) is 3.60. The van der Waals surface area contributed by atoms with E-state index in [2.05, 4.69) is 5.32 Å². The summed E-state index contributed by atoms with van der Waals surface area (Å²) in [6, 6.07) is 14.2. The Labute approximate surface area is 174 Å². The molecule has 2 saturated heterocycles. The molecule has 2 fully saturated rings. The van der Waals surface area contributed by atoms with Gasteiger partial charge in [-0.2, -0.15) is 0 Å². The Kier molecular flexibility index (Phi) is 5.04. The molecule has 2 heterocycles. The lowest BCUT2D eigenvalue weighted by Gasteiger charge is -2.38. The summed E-state index contributed by atoms with van der Waals surface area (Å²) in [6.07, 6.45) is 1.13. The van der Waals surface area contributed by atoms with Crippen molar-refractivity contribution in [2.75, 3.05) is 13.1 Å². The zero-order chi connectivity index (χ0) is 20.6. The van der Waals surface area contributed by atoms with Crippen LogP contribution in [0.25, 0.3) is 0 Å². The maximum absolute atomic E-state index is 13.2. The molecule has 6 nitrogen and oxygen atoms in total. The van der Waals surface area contributed by atoms with Crippen molar-refractivity contribution in [1.82, 2.24) is 15.1 Å². The summed E-state index contributed by atoms with van der Waals surface area (Å²) >= 11 is 6.17. The summed E-state index contributed by atoms with van der Waals surface area (Å²) in [4.78, 5) is 41.6. The SMILES string of the molecule is Cc1ccc(CN2C(=O)N[C@@]3(CCCN(C(=O)c4ccccc4Cl)C3)C2=O)cc1. The van der Waals surface area contributed by atoms with Gasteiger partial charge in [0.25, 0.3) is 11.8 Å². The monoisotopic (exact) mass is 411 g/mol. The van der Waals surface area contributed by atoms with Gasteiger partial charge in [0.2, 0.25) is 0 Å². The van der Waals surface area contributed by atoms with Gasteiger partial charge < -0.3 is 10.2 Å². The molecule has 0 unspecified atom stereocenters. The minimum Gasteiger partial charge on any atom is -0.336 e. The van der Waals surface area contributed by atoms with Crippen molar-refractivity contribution < 1.29 is 14.4 Å². The molecule has 29 heavy (non-hydrogen) atoms.